The van der Waals surface area contributed by atoms with Crippen LogP contribution in [-0.4, -0.2) is 25.3 Å². The average Bonchev–Trinajstić information content (AvgIpc) is 2.83. The smallest absolute Gasteiger partial charge is 0.271 e. The van der Waals surface area contributed by atoms with Crippen molar-refractivity contribution in [1.82, 2.24) is 5.43 Å². The zero-order valence-corrected chi connectivity index (χ0v) is 22.1. The molecular weight excluding hydrogens is 583 g/mol. The molecule has 0 aliphatic rings. The highest BCUT2D eigenvalue weighted by atomic mass is 79.9. The minimum atomic E-state index is -0.398. The van der Waals surface area contributed by atoms with E-state index in [1.807, 2.05) is 6.92 Å². The second kappa shape index (κ2) is 13.1. The second-order valence-electron chi connectivity index (χ2n) is 7.13. The molecule has 35 heavy (non-hydrogen) atoms. The standard InChI is InChI=1S/C26H23Br2FN2O4/c1-3-10-34-23-9-8-19(14-24(23)33-4-2)26(32)31-30-15-18-12-21(27)25(22(28)13-18)35-16-17-6-5-7-20(29)11-17/h3,5-9,11-15H,1,4,10,16H2,2H3,(H,31,32)/b30-15+. The van der Waals surface area contributed by atoms with Crippen LogP contribution in [0, 0.1) is 5.82 Å². The first-order valence-corrected chi connectivity index (χ1v) is 12.2. The fourth-order valence-electron chi connectivity index (χ4n) is 2.99. The molecule has 0 aliphatic heterocycles. The first kappa shape index (κ1) is 26.4. The van der Waals surface area contributed by atoms with Crippen LogP contribution in [0.15, 0.2) is 81.3 Å². The molecule has 0 unspecified atom stereocenters. The summed E-state index contributed by atoms with van der Waals surface area (Å²) >= 11 is 6.96. The van der Waals surface area contributed by atoms with Crippen LogP contribution in [0.2, 0.25) is 0 Å². The largest absolute Gasteiger partial charge is 0.490 e. The number of hydrogen-bond donors (Lipinski definition) is 1. The first-order valence-electron chi connectivity index (χ1n) is 10.6. The fourth-order valence-corrected chi connectivity index (χ4v) is 4.44. The Morgan fingerprint density at radius 1 is 1.06 bits per heavy atom. The molecule has 9 heteroatoms. The van der Waals surface area contributed by atoms with Crippen LogP contribution in [0.1, 0.15) is 28.4 Å². The Morgan fingerprint density at radius 2 is 1.83 bits per heavy atom. The third kappa shape index (κ3) is 7.66. The van der Waals surface area contributed by atoms with E-state index in [0.29, 0.717) is 56.1 Å². The molecule has 3 aromatic rings. The number of halogens is 3. The maximum absolute atomic E-state index is 13.4. The van der Waals surface area contributed by atoms with Gasteiger partial charge in [0, 0.05) is 5.56 Å². The highest BCUT2D eigenvalue weighted by molar-refractivity contribution is 9.11. The summed E-state index contributed by atoms with van der Waals surface area (Å²) < 4.78 is 31.7. The Labute approximate surface area is 220 Å². The van der Waals surface area contributed by atoms with Gasteiger partial charge in [-0.1, -0.05) is 24.8 Å². The molecule has 0 heterocycles. The molecule has 182 valence electrons. The van der Waals surface area contributed by atoms with E-state index in [1.54, 1.807) is 48.5 Å². The molecule has 3 aromatic carbocycles. The number of carbonyl (C=O) groups excluding carboxylic acids is 1. The molecule has 0 radical (unpaired) electrons. The SMILES string of the molecule is C=CCOc1ccc(C(=O)N/N=C/c2cc(Br)c(OCc3cccc(F)c3)c(Br)c2)cc1OCC. The molecule has 0 atom stereocenters. The number of nitrogens with zero attached hydrogens (tertiary/aromatic N) is 1. The van der Waals surface area contributed by atoms with Crippen molar-refractivity contribution >= 4 is 44.0 Å². The maximum Gasteiger partial charge on any atom is 0.271 e. The molecule has 1 amide bonds. The minimum absolute atomic E-state index is 0.208. The molecule has 0 saturated heterocycles. The molecule has 6 nitrogen and oxygen atoms in total. The monoisotopic (exact) mass is 604 g/mol. The lowest BCUT2D eigenvalue weighted by Gasteiger charge is -2.12. The summed E-state index contributed by atoms with van der Waals surface area (Å²) in [5, 5.41) is 4.05. The van der Waals surface area contributed by atoms with E-state index in [4.69, 9.17) is 14.2 Å². The molecule has 0 aromatic heterocycles. The van der Waals surface area contributed by atoms with Crippen molar-refractivity contribution < 1.29 is 23.4 Å². The van der Waals surface area contributed by atoms with Crippen molar-refractivity contribution in [2.24, 2.45) is 5.10 Å². The van der Waals surface area contributed by atoms with Crippen molar-refractivity contribution in [1.29, 1.82) is 0 Å². The zero-order chi connectivity index (χ0) is 25.2. The normalized spacial score (nSPS) is 10.7. The van der Waals surface area contributed by atoms with Gasteiger partial charge in [0.25, 0.3) is 5.91 Å². The number of hydrogen-bond acceptors (Lipinski definition) is 5. The molecule has 0 fully saturated rings. The van der Waals surface area contributed by atoms with E-state index in [9.17, 15) is 9.18 Å². The lowest BCUT2D eigenvalue weighted by atomic mass is 10.2. The van der Waals surface area contributed by atoms with Gasteiger partial charge in [0.05, 0.1) is 21.8 Å². The van der Waals surface area contributed by atoms with Crippen molar-refractivity contribution in [2.75, 3.05) is 13.2 Å². The Hall–Kier alpha value is -3.17. The van der Waals surface area contributed by atoms with Crippen LogP contribution in [-0.2, 0) is 6.61 Å². The highest BCUT2D eigenvalue weighted by Crippen LogP contribution is 2.35. The van der Waals surface area contributed by atoms with Gasteiger partial charge in [-0.2, -0.15) is 5.10 Å². The third-order valence-corrected chi connectivity index (χ3v) is 5.71. The van der Waals surface area contributed by atoms with Crippen LogP contribution in [0.25, 0.3) is 0 Å². The molecule has 0 bridgehead atoms. The lowest BCUT2D eigenvalue weighted by molar-refractivity contribution is 0.0954. The summed E-state index contributed by atoms with van der Waals surface area (Å²) in [5.41, 5.74) is 4.31. The summed E-state index contributed by atoms with van der Waals surface area (Å²) in [6.07, 6.45) is 3.14. The van der Waals surface area contributed by atoms with Crippen molar-refractivity contribution in [3.63, 3.8) is 0 Å². The van der Waals surface area contributed by atoms with Gasteiger partial charge in [-0.3, -0.25) is 4.79 Å². The van der Waals surface area contributed by atoms with Crippen molar-refractivity contribution in [2.45, 2.75) is 13.5 Å². The topological polar surface area (TPSA) is 69.2 Å². The Balaban J connectivity index is 1.65. The summed E-state index contributed by atoms with van der Waals surface area (Å²) in [5.74, 6) is 0.848. The van der Waals surface area contributed by atoms with Crippen molar-refractivity contribution in [3.05, 3.63) is 98.7 Å². The number of hydrazone groups is 1. The molecule has 1 N–H and O–H groups in total. The van der Waals surface area contributed by atoms with Gasteiger partial charge in [0.1, 0.15) is 24.8 Å². The van der Waals surface area contributed by atoms with E-state index in [-0.39, 0.29) is 12.4 Å². The van der Waals surface area contributed by atoms with Crippen LogP contribution < -0.4 is 19.6 Å². The fraction of sp³-hybridized carbons (Fsp3) is 0.154. The van der Waals surface area contributed by atoms with E-state index < -0.39 is 5.91 Å². The van der Waals surface area contributed by atoms with E-state index in [0.717, 1.165) is 0 Å². The van der Waals surface area contributed by atoms with E-state index >= 15 is 0 Å². The molecule has 0 aliphatic carbocycles. The third-order valence-electron chi connectivity index (χ3n) is 4.53. The van der Waals surface area contributed by atoms with Crippen molar-refractivity contribution in [3.8, 4) is 17.2 Å². The molecule has 0 saturated carbocycles. The summed E-state index contributed by atoms with van der Waals surface area (Å²) in [6, 6.07) is 14.7. The van der Waals surface area contributed by atoms with Crippen LogP contribution in [0.3, 0.4) is 0 Å². The summed E-state index contributed by atoms with van der Waals surface area (Å²) in [7, 11) is 0. The number of ether oxygens (including phenoxy) is 3. The van der Waals surface area contributed by atoms with Gasteiger partial charge < -0.3 is 14.2 Å². The van der Waals surface area contributed by atoms with Gasteiger partial charge in [-0.15, -0.1) is 0 Å². The number of carbonyl (C=O) groups is 1. The lowest BCUT2D eigenvalue weighted by Crippen LogP contribution is -2.17. The number of amides is 1. The maximum atomic E-state index is 13.4. The highest BCUT2D eigenvalue weighted by Gasteiger charge is 2.12. The van der Waals surface area contributed by atoms with Gasteiger partial charge >= 0.3 is 0 Å². The Bertz CT molecular complexity index is 1210. The molecular formula is C26H23Br2FN2O4. The number of nitrogens with one attached hydrogen (secondary N) is 1. The quantitative estimate of drug-likeness (QED) is 0.151. The van der Waals surface area contributed by atoms with Crippen LogP contribution in [0.5, 0.6) is 17.2 Å². The van der Waals surface area contributed by atoms with Gasteiger partial charge in [-0.25, -0.2) is 9.82 Å². The Morgan fingerprint density at radius 3 is 2.51 bits per heavy atom. The van der Waals surface area contributed by atoms with Crippen LogP contribution in [0.4, 0.5) is 4.39 Å². The second-order valence-corrected chi connectivity index (χ2v) is 8.83. The van der Waals surface area contributed by atoms with Gasteiger partial charge in [0.2, 0.25) is 0 Å². The molecule has 3 rings (SSSR count). The summed E-state index contributed by atoms with van der Waals surface area (Å²) in [6.45, 7) is 6.44. The number of rotatable bonds is 11. The zero-order valence-electron chi connectivity index (χ0n) is 18.9. The van der Waals surface area contributed by atoms with E-state index in [1.165, 1.54) is 18.3 Å². The number of benzene rings is 3. The van der Waals surface area contributed by atoms with Gasteiger partial charge in [0.15, 0.2) is 11.5 Å². The van der Waals surface area contributed by atoms with E-state index in [2.05, 4.69) is 49.0 Å². The predicted molar refractivity (Wildman–Crippen MR) is 141 cm³/mol. The van der Waals surface area contributed by atoms with Crippen LogP contribution >= 0.6 is 31.9 Å². The van der Waals surface area contributed by atoms with Gasteiger partial charge in [-0.05, 0) is 92.4 Å². The molecule has 0 spiro atoms. The minimum Gasteiger partial charge on any atom is -0.490 e. The predicted octanol–water partition coefficient (Wildman–Crippen LogP) is 6.66. The first-order chi connectivity index (χ1) is 16.9. The Kier molecular flexibility index (Phi) is 9.86. The summed E-state index contributed by atoms with van der Waals surface area (Å²) in [4.78, 5) is 12.5. The average molecular weight is 606 g/mol.